The summed E-state index contributed by atoms with van der Waals surface area (Å²) in [4.78, 5) is 0. The van der Waals surface area contributed by atoms with Crippen LogP contribution in [-0.4, -0.2) is 0 Å². The van der Waals surface area contributed by atoms with Crippen LogP contribution in [0, 0.1) is 11.8 Å². The molecule has 2 unspecified atom stereocenters. The lowest BCUT2D eigenvalue weighted by molar-refractivity contribution is 0.283. The van der Waals surface area contributed by atoms with E-state index in [1.54, 1.807) is 6.42 Å². The van der Waals surface area contributed by atoms with Gasteiger partial charge < -0.3 is 0 Å². The van der Waals surface area contributed by atoms with Gasteiger partial charge in [0.25, 0.3) is 0 Å². The van der Waals surface area contributed by atoms with Gasteiger partial charge in [-0.1, -0.05) is 156 Å². The molecule has 2 atom stereocenters. The maximum absolute atomic E-state index is 2.35. The average molecular weight is 381 g/mol. The second kappa shape index (κ2) is 22.3. The van der Waals surface area contributed by atoms with Crippen LogP contribution in [0.15, 0.2) is 0 Å². The fourth-order valence-electron chi connectivity index (χ4n) is 4.67. The monoisotopic (exact) mass is 380 g/mol. The highest BCUT2D eigenvalue weighted by Crippen LogP contribution is 2.30. The zero-order valence-corrected chi connectivity index (χ0v) is 20.0. The average Bonchev–Trinajstić information content (AvgIpc) is 2.67. The first-order valence-electron chi connectivity index (χ1n) is 13.3. The molecule has 0 rings (SSSR count). The van der Waals surface area contributed by atoms with Gasteiger partial charge in [0.15, 0.2) is 0 Å². The normalized spacial score (nSPS) is 13.8. The van der Waals surface area contributed by atoms with Crippen molar-refractivity contribution >= 4 is 0 Å². The van der Waals surface area contributed by atoms with E-state index in [9.17, 15) is 0 Å². The first-order valence-corrected chi connectivity index (χ1v) is 13.3. The summed E-state index contributed by atoms with van der Waals surface area (Å²) < 4.78 is 0. The van der Waals surface area contributed by atoms with Gasteiger partial charge in [0.2, 0.25) is 0 Å². The molecule has 0 aliphatic carbocycles. The summed E-state index contributed by atoms with van der Waals surface area (Å²) in [6.45, 7) is 9.36. The van der Waals surface area contributed by atoms with Gasteiger partial charge in [0, 0.05) is 0 Å². The van der Waals surface area contributed by atoms with Crippen molar-refractivity contribution < 1.29 is 0 Å². The maximum atomic E-state index is 2.35. The Labute approximate surface area is 174 Å². The summed E-state index contributed by atoms with van der Waals surface area (Å²) in [5.41, 5.74) is 0. The zero-order chi connectivity index (χ0) is 20.0. The molecule has 0 aromatic rings. The Balaban J connectivity index is 4.35. The van der Waals surface area contributed by atoms with Crippen molar-refractivity contribution in [1.29, 1.82) is 0 Å². The largest absolute Gasteiger partial charge is 0.0654 e. The smallest absolute Gasteiger partial charge is 0.0412 e. The molecule has 27 heavy (non-hydrogen) atoms. The molecule has 0 heteroatoms. The molecule has 0 aromatic carbocycles. The molecule has 0 amide bonds. The molecule has 0 fully saturated rings. The van der Waals surface area contributed by atoms with Gasteiger partial charge >= 0.3 is 0 Å². The Hall–Kier alpha value is 0. The highest BCUT2D eigenvalue weighted by Gasteiger charge is 2.16. The summed E-state index contributed by atoms with van der Waals surface area (Å²) in [6.07, 6.45) is 30.8. The van der Waals surface area contributed by atoms with E-state index in [0.29, 0.717) is 0 Å². The Morgan fingerprint density at radius 2 is 0.593 bits per heavy atom. The molecule has 0 saturated carbocycles. The van der Waals surface area contributed by atoms with E-state index in [4.69, 9.17) is 0 Å². The molecule has 0 aliphatic rings. The highest BCUT2D eigenvalue weighted by molar-refractivity contribution is 4.69. The number of hydrogen-bond donors (Lipinski definition) is 0. The van der Waals surface area contributed by atoms with E-state index in [1.165, 1.54) is 128 Å². The third-order valence-electron chi connectivity index (χ3n) is 6.53. The van der Waals surface area contributed by atoms with Gasteiger partial charge in [0.1, 0.15) is 0 Å². The second-order valence-corrected chi connectivity index (χ2v) is 9.37. The lowest BCUT2D eigenvalue weighted by atomic mass is 9.82. The molecule has 164 valence electrons. The van der Waals surface area contributed by atoms with Gasteiger partial charge in [-0.05, 0) is 18.3 Å². The molecular formula is C27H56. The van der Waals surface area contributed by atoms with Crippen LogP contribution >= 0.6 is 0 Å². The number of hydrogen-bond acceptors (Lipinski definition) is 0. The van der Waals surface area contributed by atoms with Crippen LogP contribution in [0.4, 0.5) is 0 Å². The summed E-state index contributed by atoms with van der Waals surface area (Å²) in [6, 6.07) is 0. The topological polar surface area (TPSA) is 0 Å². The number of unbranched alkanes of at least 4 members (excludes halogenated alkanes) is 12. The van der Waals surface area contributed by atoms with E-state index in [1.807, 2.05) is 0 Å². The fraction of sp³-hybridized carbons (Fsp3) is 1.00. The van der Waals surface area contributed by atoms with Gasteiger partial charge in [-0.3, -0.25) is 0 Å². The van der Waals surface area contributed by atoms with Crippen LogP contribution in [-0.2, 0) is 0 Å². The molecule has 0 bridgehead atoms. The molecule has 0 aromatic heterocycles. The lowest BCUT2D eigenvalue weighted by Crippen LogP contribution is -2.10. The SMILES string of the molecule is CCCCCCCCC(CCCCC)CC(CCCCC)CCCCCC. The molecule has 0 N–H and O–H groups in total. The Kier molecular flexibility index (Phi) is 22.3. The Bertz CT molecular complexity index is 257. The van der Waals surface area contributed by atoms with Gasteiger partial charge in [-0.25, -0.2) is 0 Å². The van der Waals surface area contributed by atoms with E-state index in [0.717, 1.165) is 11.8 Å². The molecule has 0 nitrogen and oxygen atoms in total. The highest BCUT2D eigenvalue weighted by atomic mass is 14.2. The van der Waals surface area contributed by atoms with Crippen LogP contribution < -0.4 is 0 Å². The van der Waals surface area contributed by atoms with Crippen LogP contribution in [0.3, 0.4) is 0 Å². The van der Waals surface area contributed by atoms with E-state index < -0.39 is 0 Å². The Morgan fingerprint density at radius 3 is 1.00 bits per heavy atom. The minimum Gasteiger partial charge on any atom is -0.0654 e. The van der Waals surface area contributed by atoms with Gasteiger partial charge in [0.05, 0.1) is 0 Å². The van der Waals surface area contributed by atoms with Crippen molar-refractivity contribution in [3.8, 4) is 0 Å². The molecular weight excluding hydrogens is 324 g/mol. The van der Waals surface area contributed by atoms with Crippen LogP contribution in [0.1, 0.15) is 163 Å². The molecule has 0 spiro atoms. The fourth-order valence-corrected chi connectivity index (χ4v) is 4.67. The van der Waals surface area contributed by atoms with E-state index in [2.05, 4.69) is 27.7 Å². The Morgan fingerprint density at radius 1 is 0.333 bits per heavy atom. The second-order valence-electron chi connectivity index (χ2n) is 9.37. The maximum Gasteiger partial charge on any atom is -0.0412 e. The van der Waals surface area contributed by atoms with Crippen molar-refractivity contribution in [3.05, 3.63) is 0 Å². The van der Waals surface area contributed by atoms with Gasteiger partial charge in [-0.2, -0.15) is 0 Å². The number of rotatable bonds is 22. The summed E-state index contributed by atoms with van der Waals surface area (Å²) in [5.74, 6) is 2.06. The zero-order valence-electron chi connectivity index (χ0n) is 20.0. The molecule has 0 heterocycles. The minimum absolute atomic E-state index is 1.03. The summed E-state index contributed by atoms with van der Waals surface area (Å²) in [7, 11) is 0. The van der Waals surface area contributed by atoms with Crippen molar-refractivity contribution in [2.24, 2.45) is 11.8 Å². The molecule has 0 aliphatic heterocycles. The van der Waals surface area contributed by atoms with Crippen LogP contribution in [0.5, 0.6) is 0 Å². The lowest BCUT2D eigenvalue weighted by Gasteiger charge is -2.24. The van der Waals surface area contributed by atoms with Crippen molar-refractivity contribution in [2.45, 2.75) is 163 Å². The van der Waals surface area contributed by atoms with E-state index in [-0.39, 0.29) is 0 Å². The third-order valence-corrected chi connectivity index (χ3v) is 6.53. The first-order chi connectivity index (χ1) is 13.3. The van der Waals surface area contributed by atoms with E-state index >= 15 is 0 Å². The van der Waals surface area contributed by atoms with Crippen molar-refractivity contribution in [3.63, 3.8) is 0 Å². The van der Waals surface area contributed by atoms with Gasteiger partial charge in [-0.15, -0.1) is 0 Å². The van der Waals surface area contributed by atoms with Crippen molar-refractivity contribution in [1.82, 2.24) is 0 Å². The van der Waals surface area contributed by atoms with Crippen molar-refractivity contribution in [2.75, 3.05) is 0 Å². The third kappa shape index (κ3) is 19.1. The minimum atomic E-state index is 1.03. The molecule has 0 saturated heterocycles. The summed E-state index contributed by atoms with van der Waals surface area (Å²) in [5, 5.41) is 0. The first kappa shape index (κ1) is 27.0. The predicted molar refractivity (Wildman–Crippen MR) is 127 cm³/mol. The van der Waals surface area contributed by atoms with Crippen LogP contribution in [0.2, 0.25) is 0 Å². The van der Waals surface area contributed by atoms with Crippen LogP contribution in [0.25, 0.3) is 0 Å². The molecule has 0 radical (unpaired) electrons. The quantitative estimate of drug-likeness (QED) is 0.164. The predicted octanol–water partition coefficient (Wildman–Crippen LogP) is 10.5. The summed E-state index contributed by atoms with van der Waals surface area (Å²) >= 11 is 0. The standard InChI is InChI=1S/C27H56/c1-5-9-13-15-16-20-24-27(22-18-12-8-4)25-26(21-17-11-7-3)23-19-14-10-6-2/h26-27H,5-25H2,1-4H3.